The average molecular weight is 281 g/mol. The fourth-order valence-electron chi connectivity index (χ4n) is 1.48. The molecule has 0 spiro atoms. The van der Waals surface area contributed by atoms with Crippen LogP contribution in [-0.4, -0.2) is 36.9 Å². The van der Waals surface area contributed by atoms with Gasteiger partial charge in [-0.15, -0.1) is 13.2 Å². The smallest absolute Gasteiger partial charge is 0.335 e. The van der Waals surface area contributed by atoms with Crippen molar-refractivity contribution in [3.05, 3.63) is 55.1 Å². The second kappa shape index (κ2) is 6.31. The Balaban J connectivity index is 3.13. The van der Waals surface area contributed by atoms with Crippen LogP contribution in [0.4, 0.5) is 0 Å². The van der Waals surface area contributed by atoms with Crippen LogP contribution in [0.2, 0.25) is 0 Å². The predicted octanol–water partition coefficient (Wildman–Crippen LogP) is 1.75. The van der Waals surface area contributed by atoms with Crippen molar-refractivity contribution >= 4 is 16.0 Å². The summed E-state index contributed by atoms with van der Waals surface area (Å²) in [4.78, 5) is 10.8. The normalized spacial score (nSPS) is 11.2. The maximum atomic E-state index is 12.3. The number of carbonyl (C=O) groups is 1. The van der Waals surface area contributed by atoms with Crippen LogP contribution in [0.1, 0.15) is 10.4 Å². The standard InChI is InChI=1S/C13H15NO4S/c1-3-9-14(10-4-2)19(17,18)12-7-5-11(6-8-12)13(15)16/h3-8H,1-2,9-10H2,(H,15,16). The van der Waals surface area contributed by atoms with E-state index in [0.717, 1.165) is 0 Å². The lowest BCUT2D eigenvalue weighted by molar-refractivity contribution is 0.0696. The summed E-state index contributed by atoms with van der Waals surface area (Å²) in [6.07, 6.45) is 2.96. The average Bonchev–Trinajstić information content (AvgIpc) is 2.38. The van der Waals surface area contributed by atoms with E-state index in [0.29, 0.717) is 0 Å². The lowest BCUT2D eigenvalue weighted by Gasteiger charge is -2.18. The Morgan fingerprint density at radius 1 is 1.16 bits per heavy atom. The topological polar surface area (TPSA) is 74.7 Å². The quantitative estimate of drug-likeness (QED) is 0.773. The molecular weight excluding hydrogens is 266 g/mol. The van der Waals surface area contributed by atoms with Crippen LogP contribution in [0.15, 0.2) is 54.5 Å². The van der Waals surface area contributed by atoms with Gasteiger partial charge in [-0.1, -0.05) is 12.2 Å². The van der Waals surface area contributed by atoms with Crippen LogP contribution in [-0.2, 0) is 10.0 Å². The zero-order valence-electron chi connectivity index (χ0n) is 10.3. The van der Waals surface area contributed by atoms with Crippen molar-refractivity contribution in [3.63, 3.8) is 0 Å². The molecule has 0 amide bonds. The lowest BCUT2D eigenvalue weighted by atomic mass is 10.2. The molecule has 0 radical (unpaired) electrons. The first-order valence-electron chi connectivity index (χ1n) is 5.48. The van der Waals surface area contributed by atoms with Crippen molar-refractivity contribution in [3.8, 4) is 0 Å². The number of rotatable bonds is 7. The van der Waals surface area contributed by atoms with Crippen LogP contribution >= 0.6 is 0 Å². The van der Waals surface area contributed by atoms with E-state index in [-0.39, 0.29) is 23.5 Å². The van der Waals surface area contributed by atoms with Crippen molar-refractivity contribution in [2.45, 2.75) is 4.90 Å². The summed E-state index contributed by atoms with van der Waals surface area (Å²) < 4.78 is 25.7. The van der Waals surface area contributed by atoms with Gasteiger partial charge in [-0.3, -0.25) is 0 Å². The first-order chi connectivity index (χ1) is 8.93. The van der Waals surface area contributed by atoms with Gasteiger partial charge in [-0.2, -0.15) is 4.31 Å². The minimum atomic E-state index is -3.67. The molecule has 1 aromatic rings. The first kappa shape index (κ1) is 15.1. The molecule has 0 aliphatic heterocycles. The fourth-order valence-corrected chi connectivity index (χ4v) is 2.86. The van der Waals surface area contributed by atoms with Gasteiger partial charge in [0.25, 0.3) is 0 Å². The number of hydrogen-bond donors (Lipinski definition) is 1. The monoisotopic (exact) mass is 281 g/mol. The second-order valence-corrected chi connectivity index (χ2v) is 5.67. The lowest BCUT2D eigenvalue weighted by Crippen LogP contribution is -2.31. The molecule has 0 aromatic heterocycles. The van der Waals surface area contributed by atoms with Crippen LogP contribution < -0.4 is 0 Å². The van der Waals surface area contributed by atoms with Gasteiger partial charge >= 0.3 is 5.97 Å². The third-order valence-electron chi connectivity index (χ3n) is 2.40. The van der Waals surface area contributed by atoms with Crippen LogP contribution in [0.3, 0.4) is 0 Å². The van der Waals surface area contributed by atoms with Gasteiger partial charge in [0.2, 0.25) is 10.0 Å². The van der Waals surface area contributed by atoms with Gasteiger partial charge in [0.15, 0.2) is 0 Å². The maximum Gasteiger partial charge on any atom is 0.335 e. The Bertz CT molecular complexity index is 565. The summed E-state index contributed by atoms with van der Waals surface area (Å²) in [6, 6.07) is 5.07. The van der Waals surface area contributed by atoms with Gasteiger partial charge in [-0.25, -0.2) is 13.2 Å². The molecule has 0 fully saturated rings. The van der Waals surface area contributed by atoms with Crippen molar-refractivity contribution in [2.75, 3.05) is 13.1 Å². The van der Waals surface area contributed by atoms with E-state index in [2.05, 4.69) is 13.2 Å². The third-order valence-corrected chi connectivity index (χ3v) is 4.25. The molecule has 0 heterocycles. The van der Waals surface area contributed by atoms with Gasteiger partial charge in [0.05, 0.1) is 10.5 Å². The van der Waals surface area contributed by atoms with E-state index in [1.807, 2.05) is 0 Å². The number of hydrogen-bond acceptors (Lipinski definition) is 3. The predicted molar refractivity (Wildman–Crippen MR) is 72.6 cm³/mol. The van der Waals surface area contributed by atoms with Gasteiger partial charge in [-0.05, 0) is 24.3 Å². The Morgan fingerprint density at radius 2 is 1.63 bits per heavy atom. The summed E-state index contributed by atoms with van der Waals surface area (Å²) in [5.74, 6) is -1.10. The zero-order chi connectivity index (χ0) is 14.5. The van der Waals surface area contributed by atoms with Crippen molar-refractivity contribution in [1.29, 1.82) is 0 Å². The van der Waals surface area contributed by atoms with E-state index >= 15 is 0 Å². The first-order valence-corrected chi connectivity index (χ1v) is 6.92. The second-order valence-electron chi connectivity index (χ2n) is 3.73. The molecular formula is C13H15NO4S. The molecule has 0 unspecified atom stereocenters. The van der Waals surface area contributed by atoms with Gasteiger partial charge in [0.1, 0.15) is 0 Å². The van der Waals surface area contributed by atoms with E-state index in [1.165, 1.54) is 40.7 Å². The molecule has 0 aliphatic carbocycles. The van der Waals surface area contributed by atoms with Crippen molar-refractivity contribution < 1.29 is 18.3 Å². The Morgan fingerprint density at radius 3 is 2.00 bits per heavy atom. The number of benzene rings is 1. The van der Waals surface area contributed by atoms with Gasteiger partial charge in [0, 0.05) is 13.1 Å². The minimum absolute atomic E-state index is 0.0398. The molecule has 1 aromatic carbocycles. The van der Waals surface area contributed by atoms with E-state index in [9.17, 15) is 13.2 Å². The minimum Gasteiger partial charge on any atom is -0.478 e. The maximum absolute atomic E-state index is 12.3. The molecule has 5 nitrogen and oxygen atoms in total. The van der Waals surface area contributed by atoms with Crippen LogP contribution in [0, 0.1) is 0 Å². The fraction of sp³-hybridized carbons (Fsp3) is 0.154. The number of nitrogens with zero attached hydrogens (tertiary/aromatic N) is 1. The Labute approximate surface area is 112 Å². The zero-order valence-corrected chi connectivity index (χ0v) is 11.1. The van der Waals surface area contributed by atoms with E-state index in [1.54, 1.807) is 0 Å². The summed E-state index contributed by atoms with van der Waals surface area (Å²) >= 11 is 0. The molecule has 0 aliphatic rings. The highest BCUT2D eigenvalue weighted by Gasteiger charge is 2.22. The SMILES string of the molecule is C=CCN(CC=C)S(=O)(=O)c1ccc(C(=O)O)cc1. The molecule has 0 atom stereocenters. The number of sulfonamides is 1. The molecule has 19 heavy (non-hydrogen) atoms. The molecule has 1 N–H and O–H groups in total. The van der Waals surface area contributed by atoms with Gasteiger partial charge < -0.3 is 5.11 Å². The molecule has 0 saturated heterocycles. The number of aromatic carboxylic acids is 1. The highest BCUT2D eigenvalue weighted by molar-refractivity contribution is 7.89. The summed E-state index contributed by atoms with van der Waals surface area (Å²) in [7, 11) is -3.67. The summed E-state index contributed by atoms with van der Waals surface area (Å²) in [5, 5.41) is 8.77. The number of carboxylic acid groups (broad SMARTS) is 1. The van der Waals surface area contributed by atoms with Crippen molar-refractivity contribution in [1.82, 2.24) is 4.31 Å². The Hall–Kier alpha value is -1.92. The van der Waals surface area contributed by atoms with E-state index < -0.39 is 16.0 Å². The molecule has 0 saturated carbocycles. The summed E-state index contributed by atoms with van der Waals surface area (Å²) in [5.41, 5.74) is 0.0398. The molecule has 6 heteroatoms. The van der Waals surface area contributed by atoms with Crippen molar-refractivity contribution in [2.24, 2.45) is 0 Å². The van der Waals surface area contributed by atoms with Crippen LogP contribution in [0.25, 0.3) is 0 Å². The number of carboxylic acids is 1. The highest BCUT2D eigenvalue weighted by atomic mass is 32.2. The summed E-state index contributed by atoms with van der Waals surface area (Å²) in [6.45, 7) is 7.34. The molecule has 1 rings (SSSR count). The third kappa shape index (κ3) is 3.52. The van der Waals surface area contributed by atoms with Crippen LogP contribution in [0.5, 0.6) is 0 Å². The highest BCUT2D eigenvalue weighted by Crippen LogP contribution is 2.16. The van der Waals surface area contributed by atoms with E-state index in [4.69, 9.17) is 5.11 Å². The molecule has 0 bridgehead atoms. The Kier molecular flexibility index (Phi) is 5.02. The molecule has 102 valence electrons. The largest absolute Gasteiger partial charge is 0.478 e.